The smallest absolute Gasteiger partial charge is 0.223 e. The second kappa shape index (κ2) is 9.76. The van der Waals surface area contributed by atoms with E-state index in [0.717, 1.165) is 31.4 Å². The molecule has 0 radical (unpaired) electrons. The zero-order valence-corrected chi connectivity index (χ0v) is 20.5. The first-order chi connectivity index (χ1) is 16.4. The number of morpholine rings is 1. The van der Waals surface area contributed by atoms with Gasteiger partial charge >= 0.3 is 0 Å². The number of aliphatic hydroxyl groups is 1. The van der Waals surface area contributed by atoms with Crippen LogP contribution in [0.25, 0.3) is 0 Å². The molecule has 2 aliphatic heterocycles. The summed E-state index contributed by atoms with van der Waals surface area (Å²) >= 11 is 0. The number of carbonyl (C=O) groups excluding carboxylic acids is 1. The van der Waals surface area contributed by atoms with Gasteiger partial charge in [-0.15, -0.1) is 0 Å². The molecule has 5 rings (SSSR count). The topological polar surface area (TPSA) is 77.5 Å². The number of rotatable bonds is 5. The molecule has 2 saturated carbocycles. The van der Waals surface area contributed by atoms with Crippen LogP contribution in [0.1, 0.15) is 46.0 Å². The van der Waals surface area contributed by atoms with Crippen LogP contribution >= 0.6 is 0 Å². The molecule has 34 heavy (non-hydrogen) atoms. The van der Waals surface area contributed by atoms with Crippen molar-refractivity contribution < 1.29 is 28.8 Å². The Labute approximate surface area is 202 Å². The maximum absolute atomic E-state index is 13.1. The first-order valence-corrected chi connectivity index (χ1v) is 12.9. The Hall–Kier alpha value is -1.67. The standard InChI is InChI=1S/C27H39NO6/c1-26-11-10-23-27(2,18-33-25(34-23)17-32-19-6-4-3-5-7-19)22(26)9-8-21(29)20(26)16-24(30)28-12-14-31-15-13-28/h3-7,20-23,25,29H,8-18H2,1-2H3/t20-,21-,22-,23-,25-,26+,27+/m1/s1. The number of hydrogen-bond acceptors (Lipinski definition) is 6. The highest BCUT2D eigenvalue weighted by atomic mass is 16.7. The number of nitrogens with zero attached hydrogens (tertiary/aromatic N) is 1. The molecule has 0 bridgehead atoms. The SMILES string of the molecule is C[C@@]12CO[C@@H](COc3ccccc3)O[C@@H]1CC[C@]1(C)[C@H]2CC[C@@H](O)[C@H]1CC(=O)N1CCOCC1. The third-order valence-electron chi connectivity index (χ3n) is 9.12. The molecule has 7 nitrogen and oxygen atoms in total. The summed E-state index contributed by atoms with van der Waals surface area (Å²) in [6.45, 7) is 8.06. The zero-order valence-electron chi connectivity index (χ0n) is 20.5. The van der Waals surface area contributed by atoms with E-state index in [0.29, 0.717) is 51.9 Å². The summed E-state index contributed by atoms with van der Waals surface area (Å²) in [6.07, 6.45) is 3.19. The summed E-state index contributed by atoms with van der Waals surface area (Å²) in [4.78, 5) is 15.0. The van der Waals surface area contributed by atoms with Gasteiger partial charge in [-0.2, -0.15) is 0 Å². The number of ether oxygens (including phenoxy) is 4. The van der Waals surface area contributed by atoms with Crippen LogP contribution in [0.3, 0.4) is 0 Å². The number of amides is 1. The van der Waals surface area contributed by atoms with Gasteiger partial charge in [-0.25, -0.2) is 0 Å². The van der Waals surface area contributed by atoms with Gasteiger partial charge in [-0.1, -0.05) is 32.0 Å². The maximum atomic E-state index is 13.1. The molecule has 0 aromatic heterocycles. The number of hydrogen-bond donors (Lipinski definition) is 1. The Morgan fingerprint density at radius 2 is 1.88 bits per heavy atom. The number of aliphatic hydroxyl groups excluding tert-OH is 1. The van der Waals surface area contributed by atoms with Crippen LogP contribution in [0.2, 0.25) is 0 Å². The molecular weight excluding hydrogens is 434 g/mol. The van der Waals surface area contributed by atoms with Gasteiger partial charge in [-0.3, -0.25) is 4.79 Å². The van der Waals surface area contributed by atoms with E-state index in [1.807, 2.05) is 35.2 Å². The van der Waals surface area contributed by atoms with E-state index in [1.54, 1.807) is 0 Å². The zero-order chi connectivity index (χ0) is 23.8. The molecule has 4 aliphatic rings. The van der Waals surface area contributed by atoms with Gasteiger partial charge in [-0.05, 0) is 55.1 Å². The third kappa shape index (κ3) is 4.48. The molecule has 4 fully saturated rings. The molecular formula is C27H39NO6. The Balaban J connectivity index is 1.26. The van der Waals surface area contributed by atoms with Crippen LogP contribution in [0.4, 0.5) is 0 Å². The van der Waals surface area contributed by atoms with Crippen molar-refractivity contribution in [1.82, 2.24) is 4.90 Å². The van der Waals surface area contributed by atoms with Crippen molar-refractivity contribution in [3.05, 3.63) is 30.3 Å². The molecule has 1 aromatic carbocycles. The van der Waals surface area contributed by atoms with E-state index in [1.165, 1.54) is 0 Å². The Morgan fingerprint density at radius 1 is 1.12 bits per heavy atom. The molecule has 7 atom stereocenters. The Bertz CT molecular complexity index is 845. The summed E-state index contributed by atoms with van der Waals surface area (Å²) in [5.41, 5.74) is -0.262. The molecule has 1 aromatic rings. The molecule has 1 amide bonds. The number of carbonyl (C=O) groups is 1. The summed E-state index contributed by atoms with van der Waals surface area (Å²) in [7, 11) is 0. The van der Waals surface area contributed by atoms with Gasteiger partial charge in [0.25, 0.3) is 0 Å². The van der Waals surface area contributed by atoms with Crippen LogP contribution in [-0.4, -0.2) is 73.9 Å². The summed E-state index contributed by atoms with van der Waals surface area (Å²) in [5, 5.41) is 11.0. The van der Waals surface area contributed by atoms with Gasteiger partial charge in [0.15, 0.2) is 6.29 Å². The van der Waals surface area contributed by atoms with Crippen LogP contribution in [0.15, 0.2) is 30.3 Å². The van der Waals surface area contributed by atoms with Gasteiger partial charge in [0.2, 0.25) is 5.91 Å². The molecule has 188 valence electrons. The molecule has 0 spiro atoms. The number of benzene rings is 1. The number of para-hydroxylation sites is 1. The predicted octanol–water partition coefficient (Wildman–Crippen LogP) is 3.25. The molecule has 1 N–H and O–H groups in total. The van der Waals surface area contributed by atoms with Crippen molar-refractivity contribution >= 4 is 5.91 Å². The maximum Gasteiger partial charge on any atom is 0.223 e. The lowest BCUT2D eigenvalue weighted by atomic mass is 9.46. The fourth-order valence-electron chi connectivity index (χ4n) is 7.18. The lowest BCUT2D eigenvalue weighted by molar-refractivity contribution is -0.313. The molecule has 7 heteroatoms. The van der Waals surface area contributed by atoms with Crippen molar-refractivity contribution in [2.24, 2.45) is 22.7 Å². The molecule has 2 saturated heterocycles. The lowest BCUT2D eigenvalue weighted by Gasteiger charge is -2.63. The minimum absolute atomic E-state index is 0.0430. The first kappa shape index (κ1) is 24.0. The summed E-state index contributed by atoms with van der Waals surface area (Å²) in [5.74, 6) is 1.25. The highest BCUT2D eigenvalue weighted by molar-refractivity contribution is 5.76. The minimum atomic E-state index is -0.441. The van der Waals surface area contributed by atoms with E-state index in [2.05, 4.69) is 13.8 Å². The van der Waals surface area contributed by atoms with Gasteiger partial charge in [0.05, 0.1) is 32.0 Å². The lowest BCUT2D eigenvalue weighted by Crippen LogP contribution is -2.63. The van der Waals surface area contributed by atoms with Crippen molar-refractivity contribution in [2.75, 3.05) is 39.5 Å². The molecule has 2 aliphatic carbocycles. The van der Waals surface area contributed by atoms with E-state index >= 15 is 0 Å². The average Bonchev–Trinajstić information content (AvgIpc) is 2.86. The highest BCUT2D eigenvalue weighted by Crippen LogP contribution is 2.62. The van der Waals surface area contributed by atoms with Gasteiger partial charge in [0.1, 0.15) is 12.4 Å². The highest BCUT2D eigenvalue weighted by Gasteiger charge is 2.61. The second-order valence-corrected chi connectivity index (χ2v) is 11.0. The third-order valence-corrected chi connectivity index (χ3v) is 9.12. The van der Waals surface area contributed by atoms with Crippen molar-refractivity contribution in [3.63, 3.8) is 0 Å². The normalized spacial score (nSPS) is 40.2. The van der Waals surface area contributed by atoms with Crippen LogP contribution in [0, 0.1) is 22.7 Å². The Kier molecular flexibility index (Phi) is 6.90. The predicted molar refractivity (Wildman–Crippen MR) is 126 cm³/mol. The minimum Gasteiger partial charge on any atom is -0.488 e. The largest absolute Gasteiger partial charge is 0.488 e. The van der Waals surface area contributed by atoms with Crippen LogP contribution in [-0.2, 0) is 19.0 Å². The quantitative estimate of drug-likeness (QED) is 0.708. The molecule has 2 heterocycles. The first-order valence-electron chi connectivity index (χ1n) is 12.9. The van der Waals surface area contributed by atoms with E-state index < -0.39 is 6.10 Å². The van der Waals surface area contributed by atoms with E-state index in [-0.39, 0.29) is 35.0 Å². The number of fused-ring (bicyclic) bond motifs is 3. The van der Waals surface area contributed by atoms with Crippen molar-refractivity contribution in [3.8, 4) is 5.75 Å². The summed E-state index contributed by atoms with van der Waals surface area (Å²) in [6, 6.07) is 9.74. The fourth-order valence-corrected chi connectivity index (χ4v) is 7.18. The van der Waals surface area contributed by atoms with Crippen molar-refractivity contribution in [2.45, 2.75) is 64.4 Å². The van der Waals surface area contributed by atoms with Gasteiger partial charge in [0, 0.05) is 24.9 Å². The van der Waals surface area contributed by atoms with Gasteiger partial charge < -0.3 is 29.0 Å². The Morgan fingerprint density at radius 3 is 2.65 bits per heavy atom. The molecule has 0 unspecified atom stereocenters. The monoisotopic (exact) mass is 473 g/mol. The second-order valence-electron chi connectivity index (χ2n) is 11.0. The van der Waals surface area contributed by atoms with Crippen LogP contribution < -0.4 is 4.74 Å². The van der Waals surface area contributed by atoms with E-state index in [9.17, 15) is 9.90 Å². The van der Waals surface area contributed by atoms with E-state index in [4.69, 9.17) is 18.9 Å². The summed E-state index contributed by atoms with van der Waals surface area (Å²) < 4.78 is 23.9. The average molecular weight is 474 g/mol. The fraction of sp³-hybridized carbons (Fsp3) is 0.741. The van der Waals surface area contributed by atoms with Crippen LogP contribution in [0.5, 0.6) is 5.75 Å². The van der Waals surface area contributed by atoms with Crippen molar-refractivity contribution in [1.29, 1.82) is 0 Å².